The summed E-state index contributed by atoms with van der Waals surface area (Å²) in [5, 5.41) is 47.8. The Morgan fingerprint density at radius 2 is 1.00 bits per heavy atom. The molecule has 14 N–H and O–H groups in total. The molecular weight excluding hydrogens is 416 g/mol. The summed E-state index contributed by atoms with van der Waals surface area (Å²) < 4.78 is 0. The number of aliphatic carboxylic acids is 6. The lowest BCUT2D eigenvalue weighted by molar-refractivity contribution is -0.144. The molecular formula is C14H28N4O12. The van der Waals surface area contributed by atoms with Crippen molar-refractivity contribution in [2.24, 2.45) is 22.9 Å². The van der Waals surface area contributed by atoms with Gasteiger partial charge in [-0.25, -0.2) is 0 Å². The maximum atomic E-state index is 9.99. The molecule has 0 aromatic heterocycles. The highest BCUT2D eigenvalue weighted by atomic mass is 16.4. The van der Waals surface area contributed by atoms with Crippen LogP contribution in [0.2, 0.25) is 0 Å². The van der Waals surface area contributed by atoms with Crippen LogP contribution in [0.5, 0.6) is 0 Å². The first-order valence-electron chi connectivity index (χ1n) is 7.80. The maximum absolute atomic E-state index is 9.99. The molecule has 0 aliphatic heterocycles. The van der Waals surface area contributed by atoms with Crippen LogP contribution in [0.4, 0.5) is 0 Å². The van der Waals surface area contributed by atoms with Gasteiger partial charge in [-0.1, -0.05) is 0 Å². The van der Waals surface area contributed by atoms with Gasteiger partial charge in [0.25, 0.3) is 0 Å². The van der Waals surface area contributed by atoms with Crippen LogP contribution in [0.15, 0.2) is 0 Å². The van der Waals surface area contributed by atoms with Crippen molar-refractivity contribution in [3.8, 4) is 0 Å². The molecule has 0 spiro atoms. The lowest BCUT2D eigenvalue weighted by Crippen LogP contribution is -2.32. The first-order chi connectivity index (χ1) is 13.5. The van der Waals surface area contributed by atoms with Crippen molar-refractivity contribution < 1.29 is 59.4 Å². The monoisotopic (exact) mass is 444 g/mol. The molecule has 0 unspecified atom stereocenters. The van der Waals surface area contributed by atoms with Crippen LogP contribution in [0.25, 0.3) is 0 Å². The van der Waals surface area contributed by atoms with Crippen LogP contribution in [0.3, 0.4) is 0 Å². The third-order valence-electron chi connectivity index (χ3n) is 2.26. The van der Waals surface area contributed by atoms with Crippen LogP contribution >= 0.6 is 0 Å². The number of carboxylic acids is 6. The third kappa shape index (κ3) is 35.7. The number of carbonyl (C=O) groups is 6. The molecule has 0 heterocycles. The fourth-order valence-electron chi connectivity index (χ4n) is 0.678. The van der Waals surface area contributed by atoms with E-state index in [1.54, 1.807) is 0 Å². The Morgan fingerprint density at radius 3 is 1.13 bits per heavy atom. The second-order valence-corrected chi connectivity index (χ2v) is 5.14. The summed E-state index contributed by atoms with van der Waals surface area (Å²) in [6.45, 7) is 1.14. The molecule has 0 radical (unpaired) electrons. The summed E-state index contributed by atoms with van der Waals surface area (Å²) in [5.74, 6) is -6.62. The van der Waals surface area contributed by atoms with E-state index < -0.39 is 60.4 Å². The highest BCUT2D eigenvalue weighted by Gasteiger charge is 2.14. The minimum atomic E-state index is -1.29. The minimum Gasteiger partial charge on any atom is -0.481 e. The number of hydrogen-bond acceptors (Lipinski definition) is 10. The first kappa shape index (κ1) is 34.2. The zero-order valence-corrected chi connectivity index (χ0v) is 16.0. The van der Waals surface area contributed by atoms with Crippen molar-refractivity contribution in [1.82, 2.24) is 0 Å². The van der Waals surface area contributed by atoms with Gasteiger partial charge in [0.2, 0.25) is 0 Å². The van der Waals surface area contributed by atoms with Gasteiger partial charge < -0.3 is 53.6 Å². The standard InChI is InChI=1S/C5H9NO4.C4H7NO4.C3H7NO2.C2H5NO2/c6-3(5(9)10)1-2-4(7)8;5-2(4(8)9)1-3(6)7;1-2(4)3(5)6;3-1-2(4)5/h3H,1-2,6H2,(H,7,8)(H,9,10);2H,1,5H2,(H,6,7)(H,8,9);2H,4H2,1H3,(H,5,6);1,3H2,(H,4,5)/t3-;2*2-;/m000./s1. The lowest BCUT2D eigenvalue weighted by atomic mass is 10.2. The van der Waals surface area contributed by atoms with Gasteiger partial charge in [0.05, 0.1) is 13.0 Å². The summed E-state index contributed by atoms with van der Waals surface area (Å²) in [6, 6.07) is -3.08. The lowest BCUT2D eigenvalue weighted by Gasteiger charge is -2.01. The van der Waals surface area contributed by atoms with Gasteiger partial charge >= 0.3 is 35.8 Å². The summed E-state index contributed by atoms with van der Waals surface area (Å²) in [5.41, 5.74) is 19.2. The van der Waals surface area contributed by atoms with Crippen LogP contribution in [-0.4, -0.2) is 91.1 Å². The van der Waals surface area contributed by atoms with E-state index in [2.05, 4.69) is 5.73 Å². The third-order valence-corrected chi connectivity index (χ3v) is 2.26. The Labute approximate surface area is 170 Å². The van der Waals surface area contributed by atoms with Gasteiger partial charge in [-0.15, -0.1) is 0 Å². The smallest absolute Gasteiger partial charge is 0.321 e. The molecule has 3 atom stereocenters. The molecule has 16 nitrogen and oxygen atoms in total. The van der Waals surface area contributed by atoms with Crippen LogP contribution in [0, 0.1) is 0 Å². The average Bonchev–Trinajstić information content (AvgIpc) is 2.60. The fraction of sp³-hybridized carbons (Fsp3) is 0.571. The van der Waals surface area contributed by atoms with E-state index in [0.717, 1.165) is 0 Å². The number of nitrogens with two attached hydrogens (primary N) is 4. The molecule has 0 aliphatic carbocycles. The summed E-state index contributed by atoms with van der Waals surface area (Å²) in [7, 11) is 0. The van der Waals surface area contributed by atoms with E-state index in [1.165, 1.54) is 6.92 Å². The highest BCUT2D eigenvalue weighted by molar-refractivity contribution is 5.80. The molecule has 0 aromatic carbocycles. The van der Waals surface area contributed by atoms with E-state index in [1.807, 2.05) is 0 Å². The molecule has 30 heavy (non-hydrogen) atoms. The Bertz CT molecular complexity index is 567. The maximum Gasteiger partial charge on any atom is 0.321 e. The van der Waals surface area contributed by atoms with Gasteiger partial charge in [-0.05, 0) is 13.3 Å². The zero-order valence-electron chi connectivity index (χ0n) is 16.0. The van der Waals surface area contributed by atoms with Crippen LogP contribution in [-0.2, 0) is 28.8 Å². The Kier molecular flexibility index (Phi) is 23.2. The normalized spacial score (nSPS) is 11.9. The van der Waals surface area contributed by atoms with Crippen molar-refractivity contribution in [2.75, 3.05) is 6.54 Å². The highest BCUT2D eigenvalue weighted by Crippen LogP contribution is 1.93. The molecule has 0 saturated heterocycles. The van der Waals surface area contributed by atoms with Gasteiger partial charge in [0.1, 0.15) is 18.1 Å². The molecule has 0 aromatic rings. The van der Waals surface area contributed by atoms with Crippen LogP contribution < -0.4 is 22.9 Å². The molecule has 0 rings (SSSR count). The van der Waals surface area contributed by atoms with Crippen molar-refractivity contribution in [3.63, 3.8) is 0 Å². The summed E-state index contributed by atoms with van der Waals surface area (Å²) >= 11 is 0. The molecule has 0 bridgehead atoms. The quantitative estimate of drug-likeness (QED) is 0.165. The van der Waals surface area contributed by atoms with E-state index in [4.69, 9.17) is 47.8 Å². The summed E-state index contributed by atoms with van der Waals surface area (Å²) in [6.07, 6.45) is -0.756. The fourth-order valence-corrected chi connectivity index (χ4v) is 0.678. The van der Waals surface area contributed by atoms with Gasteiger partial charge in [-0.3, -0.25) is 28.8 Å². The van der Waals surface area contributed by atoms with Crippen molar-refractivity contribution in [1.29, 1.82) is 0 Å². The zero-order chi connectivity index (χ0) is 25.0. The Balaban J connectivity index is -0.000000156. The Morgan fingerprint density at radius 1 is 0.667 bits per heavy atom. The van der Waals surface area contributed by atoms with Crippen molar-refractivity contribution >= 4 is 35.8 Å². The second kappa shape index (κ2) is 20.4. The van der Waals surface area contributed by atoms with Crippen LogP contribution in [0.1, 0.15) is 26.2 Å². The van der Waals surface area contributed by atoms with Gasteiger partial charge in [0.15, 0.2) is 0 Å². The largest absolute Gasteiger partial charge is 0.481 e. The average molecular weight is 444 g/mol. The molecule has 0 fully saturated rings. The molecule has 0 aliphatic rings. The van der Waals surface area contributed by atoms with Crippen molar-refractivity contribution in [2.45, 2.75) is 44.3 Å². The molecule has 176 valence electrons. The first-order valence-corrected chi connectivity index (χ1v) is 7.80. The predicted molar refractivity (Wildman–Crippen MR) is 98.3 cm³/mol. The number of carboxylic acid groups (broad SMARTS) is 6. The minimum absolute atomic E-state index is 0.0231. The van der Waals surface area contributed by atoms with Crippen molar-refractivity contribution in [3.05, 3.63) is 0 Å². The van der Waals surface area contributed by atoms with E-state index >= 15 is 0 Å². The van der Waals surface area contributed by atoms with Gasteiger partial charge in [-0.2, -0.15) is 0 Å². The molecule has 0 amide bonds. The van der Waals surface area contributed by atoms with E-state index in [0.29, 0.717) is 0 Å². The second-order valence-electron chi connectivity index (χ2n) is 5.14. The molecule has 0 saturated carbocycles. The number of hydrogen-bond donors (Lipinski definition) is 10. The Hall–Kier alpha value is -3.34. The number of rotatable bonds is 9. The molecule has 16 heteroatoms. The predicted octanol–water partition coefficient (Wildman–Crippen LogP) is -3.42. The summed E-state index contributed by atoms with van der Waals surface area (Å²) in [4.78, 5) is 58.3. The van der Waals surface area contributed by atoms with E-state index in [9.17, 15) is 28.8 Å². The van der Waals surface area contributed by atoms with E-state index in [-0.39, 0.29) is 19.4 Å². The topological polar surface area (TPSA) is 328 Å². The SMILES string of the molecule is C[C@H](N)C(=O)O.NCC(=O)O.N[C@@H](CC(=O)O)C(=O)O.N[C@@H](CCC(=O)O)C(=O)O. The van der Waals surface area contributed by atoms with Gasteiger partial charge in [0, 0.05) is 6.42 Å².